The second-order valence-corrected chi connectivity index (χ2v) is 7.31. The van der Waals surface area contributed by atoms with Gasteiger partial charge in [0, 0.05) is 31.6 Å². The van der Waals surface area contributed by atoms with E-state index < -0.39 is 10.0 Å². The van der Waals surface area contributed by atoms with Gasteiger partial charge in [-0.1, -0.05) is 12.1 Å². The SMILES string of the molecule is CN(C)S(=O)(=O)CCCOc1cccc2c1CCC2=O. The van der Waals surface area contributed by atoms with Crippen LogP contribution < -0.4 is 4.74 Å². The first kappa shape index (κ1) is 15.0. The number of hydrogen-bond acceptors (Lipinski definition) is 4. The van der Waals surface area contributed by atoms with E-state index in [0.29, 0.717) is 31.6 Å². The minimum absolute atomic E-state index is 0.0634. The number of carbonyl (C=O) groups excluding carboxylic acids is 1. The number of ketones is 1. The van der Waals surface area contributed by atoms with E-state index in [4.69, 9.17) is 4.74 Å². The molecule has 0 heterocycles. The van der Waals surface area contributed by atoms with E-state index in [1.165, 1.54) is 18.4 Å². The Hall–Kier alpha value is -1.40. The van der Waals surface area contributed by atoms with Crippen molar-refractivity contribution in [2.45, 2.75) is 19.3 Å². The molecular formula is C14H19NO4S. The van der Waals surface area contributed by atoms with Crippen LogP contribution in [0.5, 0.6) is 5.75 Å². The van der Waals surface area contributed by atoms with Crippen LogP contribution in [0.1, 0.15) is 28.8 Å². The zero-order valence-electron chi connectivity index (χ0n) is 11.8. The molecule has 0 amide bonds. The van der Waals surface area contributed by atoms with Crippen LogP contribution in [0.4, 0.5) is 0 Å². The summed E-state index contributed by atoms with van der Waals surface area (Å²) >= 11 is 0. The molecule has 0 saturated heterocycles. The van der Waals surface area contributed by atoms with Crippen LogP contribution in [-0.4, -0.2) is 45.0 Å². The van der Waals surface area contributed by atoms with Crippen LogP contribution in [0, 0.1) is 0 Å². The van der Waals surface area contributed by atoms with E-state index in [1.807, 2.05) is 12.1 Å². The number of carbonyl (C=O) groups is 1. The lowest BCUT2D eigenvalue weighted by Crippen LogP contribution is -2.25. The summed E-state index contributed by atoms with van der Waals surface area (Å²) in [4.78, 5) is 11.6. The second kappa shape index (κ2) is 5.93. The molecule has 0 aliphatic heterocycles. The van der Waals surface area contributed by atoms with Crippen molar-refractivity contribution in [2.24, 2.45) is 0 Å². The monoisotopic (exact) mass is 297 g/mol. The summed E-state index contributed by atoms with van der Waals surface area (Å²) in [6, 6.07) is 5.44. The maximum atomic E-state index is 11.6. The molecule has 1 aromatic rings. The number of benzene rings is 1. The topological polar surface area (TPSA) is 63.7 Å². The molecule has 1 aromatic carbocycles. The van der Waals surface area contributed by atoms with Crippen molar-refractivity contribution in [2.75, 3.05) is 26.5 Å². The number of fused-ring (bicyclic) bond motifs is 1. The Balaban J connectivity index is 1.92. The van der Waals surface area contributed by atoms with Crippen molar-refractivity contribution in [3.05, 3.63) is 29.3 Å². The Labute approximate surface area is 119 Å². The molecule has 0 saturated carbocycles. The van der Waals surface area contributed by atoms with Crippen molar-refractivity contribution < 1.29 is 17.9 Å². The van der Waals surface area contributed by atoms with E-state index in [0.717, 1.165) is 11.1 Å². The number of nitrogens with zero attached hydrogens (tertiary/aromatic N) is 1. The summed E-state index contributed by atoms with van der Waals surface area (Å²) in [5, 5.41) is 0. The Kier molecular flexibility index (Phi) is 4.45. The molecule has 110 valence electrons. The third kappa shape index (κ3) is 3.19. The molecule has 0 bridgehead atoms. The molecule has 5 nitrogen and oxygen atoms in total. The molecule has 6 heteroatoms. The van der Waals surface area contributed by atoms with Gasteiger partial charge in [-0.25, -0.2) is 12.7 Å². The highest BCUT2D eigenvalue weighted by Crippen LogP contribution is 2.30. The van der Waals surface area contributed by atoms with Gasteiger partial charge in [-0.2, -0.15) is 0 Å². The van der Waals surface area contributed by atoms with Crippen LogP contribution in [-0.2, 0) is 16.4 Å². The van der Waals surface area contributed by atoms with Crippen LogP contribution in [0.2, 0.25) is 0 Å². The van der Waals surface area contributed by atoms with Crippen LogP contribution >= 0.6 is 0 Å². The highest BCUT2D eigenvalue weighted by molar-refractivity contribution is 7.89. The van der Waals surface area contributed by atoms with E-state index in [-0.39, 0.29) is 11.5 Å². The minimum Gasteiger partial charge on any atom is -0.493 e. The number of Topliss-reactive ketones (excluding diaryl/α,β-unsaturated/α-hetero) is 1. The van der Waals surface area contributed by atoms with Crippen LogP contribution in [0.25, 0.3) is 0 Å². The largest absolute Gasteiger partial charge is 0.493 e. The molecule has 0 unspecified atom stereocenters. The Morgan fingerprint density at radius 3 is 2.70 bits per heavy atom. The normalized spacial score (nSPS) is 14.7. The van der Waals surface area contributed by atoms with Gasteiger partial charge in [-0.05, 0) is 18.9 Å². The molecule has 0 spiro atoms. The van der Waals surface area contributed by atoms with E-state index in [9.17, 15) is 13.2 Å². The lowest BCUT2D eigenvalue weighted by Gasteiger charge is -2.12. The summed E-state index contributed by atoms with van der Waals surface area (Å²) in [6.07, 6.45) is 1.67. The average molecular weight is 297 g/mol. The smallest absolute Gasteiger partial charge is 0.213 e. The Morgan fingerprint density at radius 1 is 1.25 bits per heavy atom. The highest BCUT2D eigenvalue weighted by Gasteiger charge is 2.22. The quantitative estimate of drug-likeness (QED) is 0.746. The lowest BCUT2D eigenvalue weighted by molar-refractivity contribution is 0.0994. The molecule has 0 fully saturated rings. The predicted octanol–water partition coefficient (Wildman–Crippen LogP) is 1.48. The van der Waals surface area contributed by atoms with Gasteiger partial charge in [0.15, 0.2) is 5.78 Å². The Morgan fingerprint density at radius 2 is 2.00 bits per heavy atom. The fraction of sp³-hybridized carbons (Fsp3) is 0.500. The third-order valence-corrected chi connectivity index (χ3v) is 5.31. The Bertz CT molecular complexity index is 608. The second-order valence-electron chi connectivity index (χ2n) is 5.01. The summed E-state index contributed by atoms with van der Waals surface area (Å²) in [7, 11) is -0.134. The van der Waals surface area contributed by atoms with E-state index in [2.05, 4.69) is 0 Å². The van der Waals surface area contributed by atoms with Crippen molar-refractivity contribution in [3.63, 3.8) is 0 Å². The third-order valence-electron chi connectivity index (χ3n) is 3.40. The zero-order valence-corrected chi connectivity index (χ0v) is 12.6. The molecule has 1 aliphatic rings. The number of sulfonamides is 1. The van der Waals surface area contributed by atoms with Gasteiger partial charge in [0.2, 0.25) is 10.0 Å². The van der Waals surface area contributed by atoms with Gasteiger partial charge in [-0.15, -0.1) is 0 Å². The molecule has 0 atom stereocenters. The zero-order chi connectivity index (χ0) is 14.8. The summed E-state index contributed by atoms with van der Waals surface area (Å²) in [5.41, 5.74) is 1.69. The molecule has 1 aliphatic carbocycles. The maximum absolute atomic E-state index is 11.6. The fourth-order valence-electron chi connectivity index (χ4n) is 2.20. The van der Waals surface area contributed by atoms with Crippen molar-refractivity contribution in [1.29, 1.82) is 0 Å². The van der Waals surface area contributed by atoms with Gasteiger partial charge in [0.1, 0.15) is 5.75 Å². The molecule has 20 heavy (non-hydrogen) atoms. The molecule has 0 N–H and O–H groups in total. The standard InChI is InChI=1S/C14H19NO4S/c1-15(2)20(17,18)10-4-9-19-14-6-3-5-11-12(14)7-8-13(11)16/h3,5-6H,4,7-10H2,1-2H3. The van der Waals surface area contributed by atoms with Crippen molar-refractivity contribution in [3.8, 4) is 5.75 Å². The van der Waals surface area contributed by atoms with Crippen molar-refractivity contribution in [1.82, 2.24) is 4.31 Å². The predicted molar refractivity (Wildman–Crippen MR) is 76.7 cm³/mol. The van der Waals surface area contributed by atoms with Gasteiger partial charge >= 0.3 is 0 Å². The van der Waals surface area contributed by atoms with E-state index >= 15 is 0 Å². The number of ether oxygens (including phenoxy) is 1. The summed E-state index contributed by atoms with van der Waals surface area (Å²) in [5.74, 6) is 0.921. The maximum Gasteiger partial charge on any atom is 0.213 e. The van der Waals surface area contributed by atoms with Gasteiger partial charge in [0.05, 0.1) is 12.4 Å². The molecule has 2 rings (SSSR count). The highest BCUT2D eigenvalue weighted by atomic mass is 32.2. The first-order valence-electron chi connectivity index (χ1n) is 6.60. The van der Waals surface area contributed by atoms with Gasteiger partial charge in [-0.3, -0.25) is 4.79 Å². The van der Waals surface area contributed by atoms with Crippen LogP contribution in [0.15, 0.2) is 18.2 Å². The first-order chi connectivity index (χ1) is 9.42. The summed E-state index contributed by atoms with van der Waals surface area (Å²) < 4.78 is 30.0. The van der Waals surface area contributed by atoms with E-state index in [1.54, 1.807) is 6.07 Å². The first-order valence-corrected chi connectivity index (χ1v) is 8.21. The number of hydrogen-bond donors (Lipinski definition) is 0. The average Bonchev–Trinajstić information content (AvgIpc) is 2.77. The molecule has 0 aromatic heterocycles. The van der Waals surface area contributed by atoms with Gasteiger partial charge in [0.25, 0.3) is 0 Å². The van der Waals surface area contributed by atoms with Crippen LogP contribution in [0.3, 0.4) is 0 Å². The fourth-order valence-corrected chi connectivity index (χ4v) is 3.05. The minimum atomic E-state index is -3.17. The number of rotatable bonds is 6. The molecule has 0 radical (unpaired) electrons. The molecular weight excluding hydrogens is 278 g/mol. The van der Waals surface area contributed by atoms with Crippen molar-refractivity contribution >= 4 is 15.8 Å². The lowest BCUT2D eigenvalue weighted by atomic mass is 10.1. The summed E-state index contributed by atoms with van der Waals surface area (Å²) in [6.45, 7) is 0.331. The van der Waals surface area contributed by atoms with Gasteiger partial charge < -0.3 is 4.74 Å².